The van der Waals surface area contributed by atoms with Crippen LogP contribution in [0.1, 0.15) is 39.5 Å². The standard InChI is InChI=1S/C9H19O5P/c1-4-6-9(7-5-2,8(10)14-3)15(11,12)13/h4-7H2,1-3H3,(H2,11,12,13). The molecule has 15 heavy (non-hydrogen) atoms. The molecule has 0 amide bonds. The van der Waals surface area contributed by atoms with Crippen LogP contribution in [-0.4, -0.2) is 28.0 Å². The maximum atomic E-state index is 11.5. The van der Waals surface area contributed by atoms with Crippen LogP contribution < -0.4 is 0 Å². The molecule has 0 aliphatic rings. The second-order valence-corrected chi connectivity index (χ2v) is 5.51. The SMILES string of the molecule is CCCC(CCC)(C(=O)OC)P(=O)(O)O. The third-order valence-electron chi connectivity index (χ3n) is 2.45. The molecule has 2 N–H and O–H groups in total. The molecule has 0 rings (SSSR count). The second kappa shape index (κ2) is 5.64. The highest BCUT2D eigenvalue weighted by Gasteiger charge is 2.52. The van der Waals surface area contributed by atoms with Gasteiger partial charge in [-0.2, -0.15) is 0 Å². The van der Waals surface area contributed by atoms with Gasteiger partial charge in [0.05, 0.1) is 7.11 Å². The summed E-state index contributed by atoms with van der Waals surface area (Å²) in [4.78, 5) is 30.1. The molecule has 0 fully saturated rings. The average molecular weight is 238 g/mol. The maximum Gasteiger partial charge on any atom is 0.342 e. The molecule has 0 aromatic rings. The van der Waals surface area contributed by atoms with Gasteiger partial charge in [0.1, 0.15) is 0 Å². The van der Waals surface area contributed by atoms with Crippen molar-refractivity contribution in [2.45, 2.75) is 44.7 Å². The Morgan fingerprint density at radius 3 is 1.87 bits per heavy atom. The van der Waals surface area contributed by atoms with E-state index in [1.54, 1.807) is 13.8 Å². The van der Waals surface area contributed by atoms with Crippen molar-refractivity contribution in [1.82, 2.24) is 0 Å². The third-order valence-corrected chi connectivity index (χ3v) is 4.20. The van der Waals surface area contributed by atoms with E-state index in [1.165, 1.54) is 0 Å². The fraction of sp³-hybridized carbons (Fsp3) is 0.889. The monoisotopic (exact) mass is 238 g/mol. The normalized spacial score (nSPS) is 12.6. The van der Waals surface area contributed by atoms with Crippen molar-refractivity contribution in [1.29, 1.82) is 0 Å². The highest BCUT2D eigenvalue weighted by Crippen LogP contribution is 2.56. The van der Waals surface area contributed by atoms with Gasteiger partial charge in [0.2, 0.25) is 0 Å². The molecule has 0 unspecified atom stereocenters. The van der Waals surface area contributed by atoms with Crippen LogP contribution in [0.5, 0.6) is 0 Å². The fourth-order valence-electron chi connectivity index (χ4n) is 1.76. The van der Waals surface area contributed by atoms with Crippen LogP contribution in [0.4, 0.5) is 0 Å². The summed E-state index contributed by atoms with van der Waals surface area (Å²) in [6.07, 6.45) is 1.36. The Hall–Kier alpha value is -0.380. The van der Waals surface area contributed by atoms with Gasteiger partial charge < -0.3 is 14.5 Å². The number of rotatable bonds is 6. The van der Waals surface area contributed by atoms with Crippen molar-refractivity contribution >= 4 is 13.6 Å². The van der Waals surface area contributed by atoms with Crippen molar-refractivity contribution in [2.24, 2.45) is 0 Å². The number of methoxy groups -OCH3 is 1. The van der Waals surface area contributed by atoms with Crippen molar-refractivity contribution in [3.8, 4) is 0 Å². The van der Waals surface area contributed by atoms with Gasteiger partial charge in [-0.15, -0.1) is 0 Å². The maximum absolute atomic E-state index is 11.5. The molecule has 0 bridgehead atoms. The smallest absolute Gasteiger partial charge is 0.342 e. The molecule has 0 atom stereocenters. The molecule has 5 nitrogen and oxygen atoms in total. The summed E-state index contributed by atoms with van der Waals surface area (Å²) < 4.78 is 15.9. The van der Waals surface area contributed by atoms with E-state index in [0.29, 0.717) is 12.8 Å². The molecular weight excluding hydrogens is 219 g/mol. The number of carbonyl (C=O) groups excluding carboxylic acids is 1. The first-order chi connectivity index (χ1) is 6.85. The number of hydrogen-bond acceptors (Lipinski definition) is 3. The van der Waals surface area contributed by atoms with E-state index in [0.717, 1.165) is 7.11 Å². The molecule has 0 spiro atoms. The van der Waals surface area contributed by atoms with Gasteiger partial charge in [0, 0.05) is 0 Å². The third kappa shape index (κ3) is 3.03. The van der Waals surface area contributed by atoms with Crippen LogP contribution in [0.2, 0.25) is 0 Å². The Kier molecular flexibility index (Phi) is 5.49. The predicted molar refractivity (Wildman–Crippen MR) is 56.6 cm³/mol. The highest BCUT2D eigenvalue weighted by atomic mass is 31.2. The lowest BCUT2D eigenvalue weighted by Gasteiger charge is -2.30. The predicted octanol–water partition coefficient (Wildman–Crippen LogP) is 1.68. The van der Waals surface area contributed by atoms with Crippen LogP contribution >= 0.6 is 7.60 Å². The molecule has 0 radical (unpaired) electrons. The van der Waals surface area contributed by atoms with Crippen LogP contribution in [0, 0.1) is 0 Å². The summed E-state index contributed by atoms with van der Waals surface area (Å²) in [5, 5.41) is -1.65. The first kappa shape index (κ1) is 14.6. The number of hydrogen-bond donors (Lipinski definition) is 2. The summed E-state index contributed by atoms with van der Waals surface area (Å²) >= 11 is 0. The van der Waals surface area contributed by atoms with Gasteiger partial charge in [-0.25, -0.2) is 0 Å². The van der Waals surface area contributed by atoms with E-state index in [1.807, 2.05) is 0 Å². The van der Waals surface area contributed by atoms with Crippen molar-refractivity contribution in [2.75, 3.05) is 7.11 Å². The zero-order valence-corrected chi connectivity index (χ0v) is 10.3. The fourth-order valence-corrected chi connectivity index (χ4v) is 3.12. The van der Waals surface area contributed by atoms with Gasteiger partial charge in [-0.05, 0) is 12.8 Å². The largest absolute Gasteiger partial charge is 0.468 e. The molecule has 90 valence electrons. The molecule has 0 heterocycles. The Labute approximate surface area is 90.0 Å². The van der Waals surface area contributed by atoms with Gasteiger partial charge in [0.15, 0.2) is 5.16 Å². The molecule has 6 heteroatoms. The summed E-state index contributed by atoms with van der Waals surface area (Å²) in [7, 11) is -3.34. The van der Waals surface area contributed by atoms with E-state index >= 15 is 0 Å². The lowest BCUT2D eigenvalue weighted by Crippen LogP contribution is -2.39. The van der Waals surface area contributed by atoms with Crippen LogP contribution in [0.15, 0.2) is 0 Å². The minimum atomic E-state index is -4.49. The average Bonchev–Trinajstić information content (AvgIpc) is 2.14. The summed E-state index contributed by atoms with van der Waals surface area (Å²) in [5.74, 6) is -0.806. The minimum Gasteiger partial charge on any atom is -0.468 e. The number of carbonyl (C=O) groups is 1. The Morgan fingerprint density at radius 2 is 1.67 bits per heavy atom. The van der Waals surface area contributed by atoms with E-state index < -0.39 is 18.7 Å². The van der Waals surface area contributed by atoms with Crippen molar-refractivity contribution < 1.29 is 23.9 Å². The molecule has 0 aliphatic heterocycles. The lowest BCUT2D eigenvalue weighted by atomic mass is 9.97. The minimum absolute atomic E-state index is 0.151. The zero-order chi connectivity index (χ0) is 12.1. The Balaban J connectivity index is 5.26. The summed E-state index contributed by atoms with van der Waals surface area (Å²) in [5.41, 5.74) is 0. The zero-order valence-electron chi connectivity index (χ0n) is 9.39. The van der Waals surface area contributed by atoms with Crippen LogP contribution in [0.3, 0.4) is 0 Å². The molecular formula is C9H19O5P. The number of ether oxygens (including phenoxy) is 1. The molecule has 0 saturated carbocycles. The highest BCUT2D eigenvalue weighted by molar-refractivity contribution is 7.54. The van der Waals surface area contributed by atoms with E-state index in [-0.39, 0.29) is 12.8 Å². The van der Waals surface area contributed by atoms with Crippen LogP contribution in [0.25, 0.3) is 0 Å². The van der Waals surface area contributed by atoms with Gasteiger partial charge in [0.25, 0.3) is 0 Å². The van der Waals surface area contributed by atoms with Gasteiger partial charge in [-0.3, -0.25) is 9.36 Å². The first-order valence-electron chi connectivity index (χ1n) is 4.99. The summed E-state index contributed by atoms with van der Waals surface area (Å²) in [6, 6.07) is 0. The Morgan fingerprint density at radius 1 is 1.27 bits per heavy atom. The molecule has 0 aromatic heterocycles. The summed E-state index contributed by atoms with van der Waals surface area (Å²) in [6.45, 7) is 3.56. The first-order valence-corrected chi connectivity index (χ1v) is 6.61. The van der Waals surface area contributed by atoms with Crippen molar-refractivity contribution in [3.05, 3.63) is 0 Å². The quantitative estimate of drug-likeness (QED) is 0.543. The van der Waals surface area contributed by atoms with E-state index in [9.17, 15) is 19.1 Å². The molecule has 0 saturated heterocycles. The van der Waals surface area contributed by atoms with Gasteiger partial charge >= 0.3 is 13.6 Å². The van der Waals surface area contributed by atoms with E-state index in [2.05, 4.69) is 4.74 Å². The second-order valence-electron chi connectivity index (χ2n) is 3.57. The topological polar surface area (TPSA) is 83.8 Å². The molecule has 0 aliphatic carbocycles. The molecule has 0 aromatic carbocycles. The van der Waals surface area contributed by atoms with Gasteiger partial charge in [-0.1, -0.05) is 26.7 Å². The number of esters is 1. The van der Waals surface area contributed by atoms with Crippen LogP contribution in [-0.2, 0) is 14.1 Å². The van der Waals surface area contributed by atoms with E-state index in [4.69, 9.17) is 0 Å². The van der Waals surface area contributed by atoms with Crippen molar-refractivity contribution in [3.63, 3.8) is 0 Å². The Bertz CT molecular complexity index is 251. The lowest BCUT2D eigenvalue weighted by molar-refractivity contribution is -0.144.